The van der Waals surface area contributed by atoms with Gasteiger partial charge in [0.2, 0.25) is 5.91 Å². The van der Waals surface area contributed by atoms with E-state index in [1.54, 1.807) is 11.8 Å². The van der Waals surface area contributed by atoms with Gasteiger partial charge in [-0.1, -0.05) is 0 Å². The maximum atomic E-state index is 11.8. The molecule has 2 atom stereocenters. The van der Waals surface area contributed by atoms with Crippen molar-refractivity contribution in [2.24, 2.45) is 5.73 Å². The fourth-order valence-electron chi connectivity index (χ4n) is 1.96. The van der Waals surface area contributed by atoms with Crippen LogP contribution in [0.2, 0.25) is 0 Å². The van der Waals surface area contributed by atoms with Gasteiger partial charge in [-0.05, 0) is 25.0 Å². The molecule has 2 N–H and O–H groups in total. The summed E-state index contributed by atoms with van der Waals surface area (Å²) in [6.45, 7) is 1.65. The zero-order valence-corrected chi connectivity index (χ0v) is 9.78. The highest BCUT2D eigenvalue weighted by molar-refractivity contribution is 8.00. The summed E-state index contributed by atoms with van der Waals surface area (Å²) in [6, 6.07) is 0.218. The monoisotopic (exact) mass is 236 g/mol. The molecule has 0 radical (unpaired) electrons. The van der Waals surface area contributed by atoms with Gasteiger partial charge in [-0.25, -0.2) is 0 Å². The van der Waals surface area contributed by atoms with Crippen LogP contribution in [0.1, 0.15) is 19.3 Å². The van der Waals surface area contributed by atoms with Crippen LogP contribution in [0.15, 0.2) is 0 Å². The summed E-state index contributed by atoms with van der Waals surface area (Å²) in [5, 5.41) is 0.241. The Balaban J connectivity index is 0.000000980. The highest BCUT2D eigenvalue weighted by atomic mass is 35.5. The molecule has 0 bridgehead atoms. The molecule has 0 aromatic rings. The molecule has 0 aromatic carbocycles. The van der Waals surface area contributed by atoms with Gasteiger partial charge in [-0.2, -0.15) is 0 Å². The number of hydrogen-bond donors (Lipinski definition) is 1. The van der Waals surface area contributed by atoms with Crippen LogP contribution in [-0.2, 0) is 4.79 Å². The molecule has 3 nitrogen and oxygen atoms in total. The Bertz CT molecular complexity index is 209. The fourth-order valence-corrected chi connectivity index (χ4v) is 3.21. The molecule has 82 valence electrons. The lowest BCUT2D eigenvalue weighted by atomic mass is 10.2. The quantitative estimate of drug-likeness (QED) is 0.735. The van der Waals surface area contributed by atoms with E-state index in [9.17, 15) is 4.79 Å². The number of carbonyl (C=O) groups excluding carboxylic acids is 1. The summed E-state index contributed by atoms with van der Waals surface area (Å²) in [4.78, 5) is 13.8. The van der Waals surface area contributed by atoms with Crippen molar-refractivity contribution in [3.8, 4) is 0 Å². The molecule has 1 unspecified atom stereocenters. The standard InChI is InChI=1S/C9H16N2OS.ClH/c10-7-3-4-11(6-7)9(12)8-2-1-5-13-8;/h7-8H,1-6,10H2;1H/t7-,8?;/m0./s1. The Kier molecular flexibility index (Phi) is 4.54. The van der Waals surface area contributed by atoms with Crippen LogP contribution in [0.4, 0.5) is 0 Å². The number of likely N-dealkylation sites (tertiary alicyclic amines) is 1. The van der Waals surface area contributed by atoms with Crippen LogP contribution in [-0.4, -0.2) is 40.9 Å². The minimum Gasteiger partial charge on any atom is -0.340 e. The first kappa shape index (κ1) is 12.1. The van der Waals surface area contributed by atoms with Gasteiger partial charge in [0.1, 0.15) is 0 Å². The largest absolute Gasteiger partial charge is 0.340 e. The third-order valence-corrected chi connectivity index (χ3v) is 4.11. The second kappa shape index (κ2) is 5.24. The van der Waals surface area contributed by atoms with Crippen LogP contribution < -0.4 is 5.73 Å². The van der Waals surface area contributed by atoms with E-state index >= 15 is 0 Å². The van der Waals surface area contributed by atoms with Crippen molar-refractivity contribution in [2.75, 3.05) is 18.8 Å². The number of nitrogens with zero attached hydrogens (tertiary/aromatic N) is 1. The predicted octanol–water partition coefficient (Wildman–Crippen LogP) is 0.863. The third-order valence-electron chi connectivity index (χ3n) is 2.74. The Labute approximate surface area is 95.2 Å². The molecule has 2 heterocycles. The molecule has 0 spiro atoms. The average molecular weight is 237 g/mol. The van der Waals surface area contributed by atoms with Gasteiger partial charge in [0.05, 0.1) is 5.25 Å². The van der Waals surface area contributed by atoms with E-state index in [2.05, 4.69) is 0 Å². The van der Waals surface area contributed by atoms with Crippen molar-refractivity contribution in [1.82, 2.24) is 4.90 Å². The van der Waals surface area contributed by atoms with Crippen molar-refractivity contribution < 1.29 is 4.79 Å². The van der Waals surface area contributed by atoms with Gasteiger partial charge in [0, 0.05) is 19.1 Å². The number of nitrogens with two attached hydrogens (primary N) is 1. The Morgan fingerprint density at radius 3 is 2.71 bits per heavy atom. The number of rotatable bonds is 1. The third kappa shape index (κ3) is 2.55. The van der Waals surface area contributed by atoms with Crippen LogP contribution in [0.5, 0.6) is 0 Å². The van der Waals surface area contributed by atoms with Crippen molar-refractivity contribution in [3.63, 3.8) is 0 Å². The van der Waals surface area contributed by atoms with Crippen molar-refractivity contribution in [2.45, 2.75) is 30.6 Å². The highest BCUT2D eigenvalue weighted by Crippen LogP contribution is 2.28. The highest BCUT2D eigenvalue weighted by Gasteiger charge is 2.31. The summed E-state index contributed by atoms with van der Waals surface area (Å²) < 4.78 is 0. The second-order valence-corrected chi connectivity index (χ2v) is 5.15. The number of carbonyl (C=O) groups is 1. The molecule has 0 saturated carbocycles. The summed E-state index contributed by atoms with van der Waals surface area (Å²) in [5.41, 5.74) is 5.76. The van der Waals surface area contributed by atoms with Gasteiger partial charge >= 0.3 is 0 Å². The van der Waals surface area contributed by atoms with Gasteiger partial charge in [-0.3, -0.25) is 4.79 Å². The molecule has 14 heavy (non-hydrogen) atoms. The molecular formula is C9H17ClN2OS. The first-order valence-corrected chi connectivity index (χ1v) is 5.98. The lowest BCUT2D eigenvalue weighted by molar-refractivity contribution is -0.129. The van der Waals surface area contributed by atoms with Gasteiger partial charge in [0.25, 0.3) is 0 Å². The lowest BCUT2D eigenvalue weighted by Crippen LogP contribution is -2.36. The minimum absolute atomic E-state index is 0. The molecule has 2 aliphatic heterocycles. The van der Waals surface area contributed by atoms with Crippen LogP contribution >= 0.6 is 24.2 Å². The lowest BCUT2D eigenvalue weighted by Gasteiger charge is -2.19. The first-order chi connectivity index (χ1) is 6.27. The van der Waals surface area contributed by atoms with Gasteiger partial charge < -0.3 is 10.6 Å². The Hall–Kier alpha value is 0.0700. The van der Waals surface area contributed by atoms with Crippen molar-refractivity contribution in [1.29, 1.82) is 0 Å². The number of hydrogen-bond acceptors (Lipinski definition) is 3. The molecule has 2 fully saturated rings. The van der Waals surface area contributed by atoms with E-state index in [-0.39, 0.29) is 23.7 Å². The normalized spacial score (nSPS) is 31.6. The van der Waals surface area contributed by atoms with E-state index in [0.29, 0.717) is 5.91 Å². The molecule has 1 amide bonds. The van der Waals surface area contributed by atoms with Crippen molar-refractivity contribution in [3.05, 3.63) is 0 Å². The molecule has 2 saturated heterocycles. The molecular weight excluding hydrogens is 220 g/mol. The number of halogens is 1. The van der Waals surface area contributed by atoms with Gasteiger partial charge in [-0.15, -0.1) is 24.2 Å². The smallest absolute Gasteiger partial charge is 0.235 e. The van der Waals surface area contributed by atoms with E-state index in [1.807, 2.05) is 4.90 Å². The molecule has 2 rings (SSSR count). The Morgan fingerprint density at radius 1 is 1.43 bits per heavy atom. The molecule has 0 aromatic heterocycles. The summed E-state index contributed by atoms with van der Waals surface area (Å²) in [7, 11) is 0. The van der Waals surface area contributed by atoms with Crippen molar-refractivity contribution >= 4 is 30.1 Å². The minimum atomic E-state index is 0. The molecule has 5 heteroatoms. The average Bonchev–Trinajstić information content (AvgIpc) is 2.72. The first-order valence-electron chi connectivity index (χ1n) is 4.93. The molecule has 2 aliphatic rings. The van der Waals surface area contributed by atoms with E-state index < -0.39 is 0 Å². The zero-order valence-electron chi connectivity index (χ0n) is 8.15. The molecule has 0 aliphatic carbocycles. The second-order valence-electron chi connectivity index (χ2n) is 3.83. The maximum Gasteiger partial charge on any atom is 0.235 e. The van der Waals surface area contributed by atoms with Crippen LogP contribution in [0.25, 0.3) is 0 Å². The predicted molar refractivity (Wildman–Crippen MR) is 61.9 cm³/mol. The van der Waals surface area contributed by atoms with Crippen LogP contribution in [0, 0.1) is 0 Å². The van der Waals surface area contributed by atoms with E-state index in [1.165, 1.54) is 6.42 Å². The van der Waals surface area contributed by atoms with E-state index in [4.69, 9.17) is 5.73 Å². The topological polar surface area (TPSA) is 46.3 Å². The SMILES string of the molecule is Cl.N[C@H]1CCN(C(=O)C2CCCS2)C1. The maximum absolute atomic E-state index is 11.8. The van der Waals surface area contributed by atoms with Crippen LogP contribution in [0.3, 0.4) is 0 Å². The Morgan fingerprint density at radius 2 is 2.21 bits per heavy atom. The summed E-state index contributed by atoms with van der Waals surface area (Å²) in [6.07, 6.45) is 3.24. The summed E-state index contributed by atoms with van der Waals surface area (Å²) >= 11 is 1.81. The number of amides is 1. The summed E-state index contributed by atoms with van der Waals surface area (Å²) in [5.74, 6) is 1.48. The fraction of sp³-hybridized carbons (Fsp3) is 0.889. The zero-order chi connectivity index (χ0) is 9.26. The van der Waals surface area contributed by atoms with E-state index in [0.717, 1.165) is 31.7 Å². The number of thioether (sulfide) groups is 1. The van der Waals surface area contributed by atoms with Gasteiger partial charge in [0.15, 0.2) is 0 Å².